The zero-order valence-corrected chi connectivity index (χ0v) is 20.1. The molecular weight excluding hydrogens is 490 g/mol. The summed E-state index contributed by atoms with van der Waals surface area (Å²) in [5, 5.41) is 36.1. The van der Waals surface area contributed by atoms with Crippen molar-refractivity contribution in [3.8, 4) is 35.2 Å². The lowest BCUT2D eigenvalue weighted by Gasteiger charge is -2.37. The summed E-state index contributed by atoms with van der Waals surface area (Å²) in [5.74, 6) is 8.36. The number of aliphatic hydroxyl groups is 1. The van der Waals surface area contributed by atoms with Crippen LogP contribution in [0.1, 0.15) is 44.3 Å². The predicted molar refractivity (Wildman–Crippen MR) is 132 cm³/mol. The van der Waals surface area contributed by atoms with Crippen molar-refractivity contribution in [2.75, 3.05) is 12.4 Å². The molecule has 0 radical (unpaired) electrons. The van der Waals surface area contributed by atoms with E-state index in [4.69, 9.17) is 9.47 Å². The van der Waals surface area contributed by atoms with Gasteiger partial charge in [-0.25, -0.2) is 4.79 Å². The molecule has 2 aromatic carbocycles. The van der Waals surface area contributed by atoms with Gasteiger partial charge in [-0.2, -0.15) is 0 Å². The summed E-state index contributed by atoms with van der Waals surface area (Å²) in [4.78, 5) is 39.4. The standard InChI is InChI=1S/C29H19NO8/c1-14(12-21(34)37-2)28-19-10-5-3-4-6-11-20(33)29(28,38-28)16-13-18(32)23-24(25(16)30-19)27(36)22-15(26(23)35)8-7-9-17(22)31/h3-4,7-9,12-13,19-20,30-33H,1-2H3/b4-3-,14-12+/t19-,20+,28-,29?/m0/s1. The van der Waals surface area contributed by atoms with Crippen molar-refractivity contribution >= 4 is 23.2 Å². The highest BCUT2D eigenvalue weighted by Crippen LogP contribution is 2.68. The third-order valence-corrected chi connectivity index (χ3v) is 7.41. The molecule has 2 heterocycles. The van der Waals surface area contributed by atoms with E-state index in [-0.39, 0.29) is 39.3 Å². The Kier molecular flexibility index (Phi) is 4.86. The largest absolute Gasteiger partial charge is 0.507 e. The van der Waals surface area contributed by atoms with Gasteiger partial charge >= 0.3 is 5.97 Å². The maximum absolute atomic E-state index is 13.8. The van der Waals surface area contributed by atoms with Crippen molar-refractivity contribution in [3.05, 3.63) is 75.9 Å². The van der Waals surface area contributed by atoms with Crippen LogP contribution in [-0.4, -0.2) is 57.7 Å². The Morgan fingerprint density at radius 2 is 1.82 bits per heavy atom. The van der Waals surface area contributed by atoms with Crippen molar-refractivity contribution in [2.24, 2.45) is 0 Å². The summed E-state index contributed by atoms with van der Waals surface area (Å²) in [5.41, 5.74) is -3.17. The zero-order chi connectivity index (χ0) is 27.0. The molecule has 2 bridgehead atoms. The minimum absolute atomic E-state index is 0.0427. The Bertz CT molecular complexity index is 1690. The van der Waals surface area contributed by atoms with Crippen molar-refractivity contribution < 1.29 is 39.2 Å². The molecule has 9 nitrogen and oxygen atoms in total. The molecule has 6 rings (SSSR count). The molecule has 0 saturated carbocycles. The number of fused-ring (bicyclic) bond motifs is 4. The average Bonchev–Trinajstić information content (AvgIpc) is 3.62. The fraction of sp³-hybridized carbons (Fsp3) is 0.207. The number of carbonyl (C=O) groups is 3. The quantitative estimate of drug-likeness (QED) is 0.133. The number of nitrogens with one attached hydrogen (secondary N) is 1. The third kappa shape index (κ3) is 2.77. The Morgan fingerprint density at radius 3 is 2.55 bits per heavy atom. The zero-order valence-electron chi connectivity index (χ0n) is 20.1. The highest BCUT2D eigenvalue weighted by molar-refractivity contribution is 6.32. The number of aromatic hydroxyl groups is 2. The molecule has 2 aliphatic heterocycles. The number of hydrogen-bond acceptors (Lipinski definition) is 9. The molecule has 9 heteroatoms. The van der Waals surface area contributed by atoms with Crippen molar-refractivity contribution in [2.45, 2.75) is 30.3 Å². The Balaban J connectivity index is 1.68. The van der Waals surface area contributed by atoms with Crippen LogP contribution in [0.3, 0.4) is 0 Å². The van der Waals surface area contributed by atoms with Gasteiger partial charge in [0.1, 0.15) is 17.5 Å². The lowest BCUT2D eigenvalue weighted by Crippen LogP contribution is -2.50. The second-order valence-corrected chi connectivity index (χ2v) is 9.24. The van der Waals surface area contributed by atoms with E-state index in [9.17, 15) is 29.7 Å². The number of epoxide rings is 1. The minimum Gasteiger partial charge on any atom is -0.507 e. The van der Waals surface area contributed by atoms with E-state index in [2.05, 4.69) is 29.0 Å². The van der Waals surface area contributed by atoms with Gasteiger partial charge in [0.2, 0.25) is 0 Å². The number of rotatable bonds is 2. The molecule has 38 heavy (non-hydrogen) atoms. The number of ether oxygens (including phenoxy) is 2. The molecular formula is C29H19NO8. The Labute approximate surface area is 216 Å². The summed E-state index contributed by atoms with van der Waals surface area (Å²) >= 11 is 0. The third-order valence-electron chi connectivity index (χ3n) is 7.41. The number of esters is 1. The van der Waals surface area contributed by atoms with E-state index in [1.165, 1.54) is 49.6 Å². The van der Waals surface area contributed by atoms with Gasteiger partial charge in [0.05, 0.1) is 29.5 Å². The number of methoxy groups -OCH3 is 1. The number of aliphatic hydroxyl groups excluding tert-OH is 1. The normalized spacial score (nSPS) is 28.4. The molecule has 4 N–H and O–H groups in total. The van der Waals surface area contributed by atoms with Gasteiger partial charge in [-0.05, 0) is 36.8 Å². The first-order valence-electron chi connectivity index (χ1n) is 11.6. The van der Waals surface area contributed by atoms with E-state index in [0.29, 0.717) is 5.57 Å². The van der Waals surface area contributed by atoms with E-state index in [1.54, 1.807) is 6.92 Å². The minimum atomic E-state index is -1.67. The maximum atomic E-state index is 13.8. The molecule has 1 saturated heterocycles. The molecule has 1 fully saturated rings. The van der Waals surface area contributed by atoms with Crippen LogP contribution in [0.2, 0.25) is 0 Å². The number of carbonyl (C=O) groups excluding carboxylic acids is 3. The first-order chi connectivity index (χ1) is 18.2. The van der Waals surface area contributed by atoms with E-state index in [0.717, 1.165) is 0 Å². The molecule has 4 atom stereocenters. The van der Waals surface area contributed by atoms with E-state index in [1.807, 2.05) is 0 Å². The average molecular weight is 509 g/mol. The van der Waals surface area contributed by atoms with E-state index >= 15 is 0 Å². The molecule has 0 amide bonds. The maximum Gasteiger partial charge on any atom is 0.330 e. The molecule has 1 unspecified atom stereocenters. The van der Waals surface area contributed by atoms with Crippen LogP contribution in [0.15, 0.2) is 48.1 Å². The number of allylic oxidation sites excluding steroid dienone is 2. The summed E-state index contributed by atoms with van der Waals surface area (Å²) in [7, 11) is 1.22. The van der Waals surface area contributed by atoms with Gasteiger partial charge in [-0.3, -0.25) is 9.59 Å². The van der Waals surface area contributed by atoms with Crippen LogP contribution in [0.25, 0.3) is 0 Å². The number of benzene rings is 2. The summed E-state index contributed by atoms with van der Waals surface area (Å²) in [6.07, 6.45) is 2.66. The monoisotopic (exact) mass is 509 g/mol. The van der Waals surface area contributed by atoms with Gasteiger partial charge in [0.25, 0.3) is 0 Å². The number of phenolic OH excluding ortho intramolecular Hbond substituents is 2. The van der Waals surface area contributed by atoms with Gasteiger partial charge < -0.3 is 30.1 Å². The van der Waals surface area contributed by atoms with Crippen LogP contribution in [0, 0.1) is 23.7 Å². The fourth-order valence-electron chi connectivity index (χ4n) is 5.73. The van der Waals surface area contributed by atoms with Crippen molar-refractivity contribution in [1.82, 2.24) is 0 Å². The number of hydrogen-bond donors (Lipinski definition) is 4. The highest BCUT2D eigenvalue weighted by Gasteiger charge is 2.81. The van der Waals surface area contributed by atoms with Crippen LogP contribution < -0.4 is 5.32 Å². The predicted octanol–water partition coefficient (Wildman–Crippen LogP) is 1.69. The second-order valence-electron chi connectivity index (χ2n) is 9.24. The molecule has 4 aliphatic rings. The molecule has 2 aromatic rings. The van der Waals surface area contributed by atoms with Crippen LogP contribution in [-0.2, 0) is 19.9 Å². The Morgan fingerprint density at radius 1 is 1.08 bits per heavy atom. The smallest absolute Gasteiger partial charge is 0.330 e. The summed E-state index contributed by atoms with van der Waals surface area (Å²) < 4.78 is 11.1. The summed E-state index contributed by atoms with van der Waals surface area (Å²) in [6, 6.07) is 4.44. The highest BCUT2D eigenvalue weighted by atomic mass is 16.6. The lowest BCUT2D eigenvalue weighted by molar-refractivity contribution is -0.134. The topological polar surface area (TPSA) is 146 Å². The Hall–Kier alpha value is -4.83. The van der Waals surface area contributed by atoms with Crippen molar-refractivity contribution in [3.63, 3.8) is 0 Å². The molecule has 2 aliphatic carbocycles. The first-order valence-corrected chi connectivity index (χ1v) is 11.6. The summed E-state index contributed by atoms with van der Waals surface area (Å²) in [6.45, 7) is 1.61. The second kappa shape index (κ2) is 7.83. The molecule has 0 aromatic heterocycles. The number of phenols is 2. The van der Waals surface area contributed by atoms with E-state index < -0.39 is 46.6 Å². The fourth-order valence-corrected chi connectivity index (χ4v) is 5.73. The van der Waals surface area contributed by atoms with Gasteiger partial charge in [-0.1, -0.05) is 35.8 Å². The molecule has 188 valence electrons. The molecule has 0 spiro atoms. The van der Waals surface area contributed by atoms with Crippen LogP contribution >= 0.6 is 0 Å². The lowest BCUT2D eigenvalue weighted by atomic mass is 9.69. The van der Waals surface area contributed by atoms with Crippen LogP contribution in [0.5, 0.6) is 11.5 Å². The number of ketones is 2. The van der Waals surface area contributed by atoms with Gasteiger partial charge in [-0.15, -0.1) is 0 Å². The SMILES string of the molecule is COC(=O)/C=C(\C)[C@@]12OC13c1cc(O)c4c(c1N[C@H]2C#C/C=C\C#C[C@H]3O)C(=O)c1c(O)cccc1C4=O. The van der Waals surface area contributed by atoms with Gasteiger partial charge in [0.15, 0.2) is 28.9 Å². The first kappa shape index (κ1) is 23.6. The van der Waals surface area contributed by atoms with Gasteiger partial charge in [0, 0.05) is 17.2 Å². The van der Waals surface area contributed by atoms with Crippen molar-refractivity contribution in [1.29, 1.82) is 0 Å². The van der Waals surface area contributed by atoms with Crippen LogP contribution in [0.4, 0.5) is 5.69 Å². The number of anilines is 1.